The molecule has 2 N–H and O–H groups in total. The number of piperazine rings is 1. The highest BCUT2D eigenvalue weighted by Crippen LogP contribution is 2.25. The lowest BCUT2D eigenvalue weighted by molar-refractivity contribution is 0.0939. The monoisotopic (exact) mass is 412 g/mol. The molecule has 1 aromatic carbocycles. The van der Waals surface area contributed by atoms with Crippen LogP contribution in [0.2, 0.25) is 0 Å². The minimum atomic E-state index is -0.156. The number of amides is 1. The summed E-state index contributed by atoms with van der Waals surface area (Å²) in [4.78, 5) is 20.6. The molecule has 1 fully saturated rings. The number of carbonyl (C=O) groups excluding carboxylic acids is 1. The summed E-state index contributed by atoms with van der Waals surface area (Å²) >= 11 is 1.37. The summed E-state index contributed by atoms with van der Waals surface area (Å²) < 4.78 is 0. The van der Waals surface area contributed by atoms with Crippen LogP contribution in [0.1, 0.15) is 36.1 Å². The van der Waals surface area contributed by atoms with Crippen molar-refractivity contribution < 1.29 is 4.79 Å². The number of rotatable bonds is 5. The first-order chi connectivity index (χ1) is 13.9. The van der Waals surface area contributed by atoms with E-state index in [1.807, 2.05) is 25.3 Å². The van der Waals surface area contributed by atoms with Crippen LogP contribution in [0.15, 0.2) is 30.5 Å². The Kier molecular flexibility index (Phi) is 5.56. The van der Waals surface area contributed by atoms with Gasteiger partial charge in [0.25, 0.3) is 5.91 Å². The minimum absolute atomic E-state index is 0.00210. The third kappa shape index (κ3) is 4.13. The van der Waals surface area contributed by atoms with Crippen molar-refractivity contribution in [1.82, 2.24) is 25.4 Å². The molecule has 0 saturated carbocycles. The lowest BCUT2D eigenvalue weighted by Crippen LogP contribution is -2.55. The van der Waals surface area contributed by atoms with E-state index in [1.165, 1.54) is 22.3 Å². The van der Waals surface area contributed by atoms with Gasteiger partial charge in [-0.2, -0.15) is 0 Å². The van der Waals surface area contributed by atoms with Crippen LogP contribution in [0.3, 0.4) is 0 Å². The number of hydrogen-bond donors (Lipinski definition) is 2. The quantitative estimate of drug-likeness (QED) is 0.674. The first kappa shape index (κ1) is 19.8. The van der Waals surface area contributed by atoms with Gasteiger partial charge in [0.1, 0.15) is 0 Å². The van der Waals surface area contributed by atoms with E-state index < -0.39 is 0 Å². The number of aromatic nitrogens is 3. The van der Waals surface area contributed by atoms with Crippen molar-refractivity contribution in [2.24, 2.45) is 0 Å². The van der Waals surface area contributed by atoms with E-state index in [9.17, 15) is 4.79 Å². The summed E-state index contributed by atoms with van der Waals surface area (Å²) in [6.45, 7) is 8.24. The van der Waals surface area contributed by atoms with Crippen LogP contribution in [0, 0.1) is 0 Å². The summed E-state index contributed by atoms with van der Waals surface area (Å²) in [6.07, 6.45) is 2.78. The van der Waals surface area contributed by atoms with Gasteiger partial charge in [0, 0.05) is 48.3 Å². The molecule has 7 nitrogen and oxygen atoms in total. The molecule has 154 valence electrons. The molecule has 0 aliphatic carbocycles. The number of nitrogens with one attached hydrogen (secondary N) is 2. The minimum Gasteiger partial charge on any atom is -0.361 e. The zero-order valence-corrected chi connectivity index (χ0v) is 18.2. The predicted octanol–water partition coefficient (Wildman–Crippen LogP) is 2.91. The van der Waals surface area contributed by atoms with Crippen LogP contribution in [-0.4, -0.2) is 64.3 Å². The fourth-order valence-corrected chi connectivity index (χ4v) is 4.73. The fraction of sp³-hybridized carbons (Fsp3) is 0.476. The first-order valence-corrected chi connectivity index (χ1v) is 10.9. The van der Waals surface area contributed by atoms with Gasteiger partial charge in [-0.1, -0.05) is 29.5 Å². The van der Waals surface area contributed by atoms with Crippen molar-refractivity contribution in [3.8, 4) is 0 Å². The molecule has 1 saturated heterocycles. The van der Waals surface area contributed by atoms with Gasteiger partial charge in [-0.25, -0.2) is 0 Å². The number of benzene rings is 1. The Morgan fingerprint density at radius 2 is 2.00 bits per heavy atom. The van der Waals surface area contributed by atoms with Crippen molar-refractivity contribution in [3.05, 3.63) is 41.0 Å². The number of nitrogens with zero attached hydrogens (tertiary/aromatic N) is 4. The molecule has 3 atom stereocenters. The lowest BCUT2D eigenvalue weighted by Gasteiger charge is -2.42. The second-order valence-electron chi connectivity index (χ2n) is 8.10. The molecule has 0 bridgehead atoms. The maximum Gasteiger partial charge on any atom is 0.282 e. The van der Waals surface area contributed by atoms with Crippen LogP contribution in [0.25, 0.3) is 10.9 Å². The average molecular weight is 413 g/mol. The standard InChI is InChI=1S/C21H28N6OS/c1-13(9-16-10-22-18-8-6-5-7-17(16)18)23-19(28)20-24-25-21(29-20)27-11-14(2)26(4)15(3)12-27/h5-8,10,13-15,22H,9,11-12H2,1-4H3,(H,23,28)/t13?,14-,15-/m1/s1. The molecule has 1 aliphatic rings. The first-order valence-electron chi connectivity index (χ1n) is 10.1. The third-order valence-electron chi connectivity index (χ3n) is 5.82. The number of carbonyl (C=O) groups is 1. The van der Waals surface area contributed by atoms with Gasteiger partial charge in [-0.3, -0.25) is 9.69 Å². The fourth-order valence-electron chi connectivity index (χ4n) is 3.96. The number of para-hydroxylation sites is 1. The van der Waals surface area contributed by atoms with Crippen LogP contribution in [0.4, 0.5) is 5.13 Å². The number of likely N-dealkylation sites (N-methyl/N-ethyl adjacent to an activating group) is 1. The summed E-state index contributed by atoms with van der Waals surface area (Å²) in [5.74, 6) is -0.156. The largest absolute Gasteiger partial charge is 0.361 e. The number of anilines is 1. The molecule has 0 radical (unpaired) electrons. The van der Waals surface area contributed by atoms with E-state index in [0.29, 0.717) is 17.1 Å². The molecule has 8 heteroatoms. The predicted molar refractivity (Wildman–Crippen MR) is 118 cm³/mol. The summed E-state index contributed by atoms with van der Waals surface area (Å²) in [6, 6.07) is 9.09. The zero-order chi connectivity index (χ0) is 20.5. The van der Waals surface area contributed by atoms with E-state index in [-0.39, 0.29) is 11.9 Å². The number of H-pyrrole nitrogens is 1. The van der Waals surface area contributed by atoms with E-state index in [2.05, 4.69) is 63.3 Å². The highest BCUT2D eigenvalue weighted by atomic mass is 32.1. The van der Waals surface area contributed by atoms with Crippen LogP contribution >= 0.6 is 11.3 Å². The Hall–Kier alpha value is -2.45. The van der Waals surface area contributed by atoms with Gasteiger partial charge in [-0.15, -0.1) is 10.2 Å². The SMILES string of the molecule is CC(Cc1c[nH]c2ccccc12)NC(=O)c1nnc(N2C[C@@H](C)N(C)[C@H](C)C2)s1. The van der Waals surface area contributed by atoms with E-state index in [4.69, 9.17) is 0 Å². The summed E-state index contributed by atoms with van der Waals surface area (Å²) in [5, 5.41) is 14.0. The molecular weight excluding hydrogens is 384 g/mol. The van der Waals surface area contributed by atoms with Gasteiger partial charge in [-0.05, 0) is 45.9 Å². The molecule has 1 unspecified atom stereocenters. The van der Waals surface area contributed by atoms with E-state index in [1.54, 1.807) is 0 Å². The Bertz CT molecular complexity index is 986. The van der Waals surface area contributed by atoms with Crippen molar-refractivity contribution >= 4 is 33.3 Å². The van der Waals surface area contributed by atoms with Gasteiger partial charge in [0.2, 0.25) is 10.1 Å². The molecular formula is C21H28N6OS. The van der Waals surface area contributed by atoms with Crippen molar-refractivity contribution in [1.29, 1.82) is 0 Å². The van der Waals surface area contributed by atoms with Gasteiger partial charge in [0.05, 0.1) is 0 Å². The molecule has 0 spiro atoms. The second kappa shape index (κ2) is 8.12. The highest BCUT2D eigenvalue weighted by molar-refractivity contribution is 7.17. The Labute approximate surface area is 175 Å². The maximum atomic E-state index is 12.7. The van der Waals surface area contributed by atoms with Crippen LogP contribution in [0.5, 0.6) is 0 Å². The van der Waals surface area contributed by atoms with Crippen molar-refractivity contribution in [2.75, 3.05) is 25.0 Å². The van der Waals surface area contributed by atoms with E-state index in [0.717, 1.165) is 30.2 Å². The molecule has 4 rings (SSSR count). The maximum absolute atomic E-state index is 12.7. The zero-order valence-electron chi connectivity index (χ0n) is 17.3. The Morgan fingerprint density at radius 1 is 1.28 bits per heavy atom. The third-order valence-corrected chi connectivity index (χ3v) is 6.80. The smallest absolute Gasteiger partial charge is 0.282 e. The summed E-state index contributed by atoms with van der Waals surface area (Å²) in [7, 11) is 2.15. The molecule has 1 amide bonds. The Morgan fingerprint density at radius 3 is 2.76 bits per heavy atom. The molecule has 3 aromatic rings. The number of hydrogen-bond acceptors (Lipinski definition) is 6. The van der Waals surface area contributed by atoms with Crippen LogP contribution in [-0.2, 0) is 6.42 Å². The van der Waals surface area contributed by atoms with Crippen molar-refractivity contribution in [3.63, 3.8) is 0 Å². The van der Waals surface area contributed by atoms with Gasteiger partial charge >= 0.3 is 0 Å². The van der Waals surface area contributed by atoms with Gasteiger partial charge < -0.3 is 15.2 Å². The number of aromatic amines is 1. The molecule has 29 heavy (non-hydrogen) atoms. The highest BCUT2D eigenvalue weighted by Gasteiger charge is 2.29. The van der Waals surface area contributed by atoms with Crippen LogP contribution < -0.4 is 10.2 Å². The molecule has 2 aromatic heterocycles. The average Bonchev–Trinajstić information content (AvgIpc) is 3.34. The lowest BCUT2D eigenvalue weighted by atomic mass is 10.1. The topological polar surface area (TPSA) is 77.1 Å². The molecule has 3 heterocycles. The van der Waals surface area contributed by atoms with E-state index >= 15 is 0 Å². The second-order valence-corrected chi connectivity index (χ2v) is 9.05. The number of fused-ring (bicyclic) bond motifs is 1. The van der Waals surface area contributed by atoms with Crippen molar-refractivity contribution in [2.45, 2.75) is 45.3 Å². The summed E-state index contributed by atoms with van der Waals surface area (Å²) in [5.41, 5.74) is 2.32. The molecule has 1 aliphatic heterocycles. The normalized spacial score (nSPS) is 21.4. The Balaban J connectivity index is 1.39. The van der Waals surface area contributed by atoms with Gasteiger partial charge in [0.15, 0.2) is 0 Å².